The van der Waals surface area contributed by atoms with Gasteiger partial charge in [0.1, 0.15) is 0 Å². The second kappa shape index (κ2) is 13.8. The van der Waals surface area contributed by atoms with Crippen molar-refractivity contribution >= 4 is 11.6 Å². The van der Waals surface area contributed by atoms with Gasteiger partial charge in [-0.2, -0.15) is 0 Å². The van der Waals surface area contributed by atoms with E-state index in [0.717, 1.165) is 5.88 Å². The van der Waals surface area contributed by atoms with E-state index >= 15 is 0 Å². The molecule has 0 aromatic heterocycles. The highest BCUT2D eigenvalue weighted by Gasteiger charge is 1.86. The average Bonchev–Trinajstić information content (AvgIpc) is 2.26. The smallest absolute Gasteiger partial charge is 0.0223 e. The zero-order valence-electron chi connectivity index (χ0n) is 10.1. The van der Waals surface area contributed by atoms with Gasteiger partial charge in [-0.3, -0.25) is 0 Å². The SMILES string of the molecule is CCCC/C=C\C=C\CCCCCCCl. The van der Waals surface area contributed by atoms with Crippen LogP contribution in [0.4, 0.5) is 0 Å². The maximum atomic E-state index is 5.60. The predicted octanol–water partition coefficient (Wildman–Crippen LogP) is 5.48. The molecule has 88 valence electrons. The highest BCUT2D eigenvalue weighted by molar-refractivity contribution is 6.17. The minimum absolute atomic E-state index is 0.815. The average molecular weight is 229 g/mol. The van der Waals surface area contributed by atoms with Crippen LogP contribution >= 0.6 is 11.6 Å². The molecule has 0 atom stereocenters. The van der Waals surface area contributed by atoms with Crippen molar-refractivity contribution in [1.29, 1.82) is 0 Å². The molecule has 0 rings (SSSR count). The molecule has 0 aliphatic rings. The maximum absolute atomic E-state index is 5.60. The van der Waals surface area contributed by atoms with E-state index in [0.29, 0.717) is 0 Å². The number of hydrogen-bond acceptors (Lipinski definition) is 0. The molecule has 0 unspecified atom stereocenters. The van der Waals surface area contributed by atoms with Crippen molar-refractivity contribution in [2.24, 2.45) is 0 Å². The lowest BCUT2D eigenvalue weighted by Gasteiger charge is -1.94. The Bertz CT molecular complexity index is 159. The van der Waals surface area contributed by atoms with Gasteiger partial charge in [-0.1, -0.05) is 56.9 Å². The van der Waals surface area contributed by atoms with E-state index in [1.54, 1.807) is 0 Å². The molecule has 0 aromatic rings. The van der Waals surface area contributed by atoms with Gasteiger partial charge < -0.3 is 0 Å². The van der Waals surface area contributed by atoms with E-state index in [2.05, 4.69) is 31.2 Å². The molecular weight excluding hydrogens is 204 g/mol. The summed E-state index contributed by atoms with van der Waals surface area (Å²) in [5.41, 5.74) is 0. The first-order valence-corrected chi connectivity index (χ1v) is 6.83. The molecule has 0 aliphatic heterocycles. The van der Waals surface area contributed by atoms with Gasteiger partial charge in [-0.05, 0) is 25.7 Å². The van der Waals surface area contributed by atoms with Crippen molar-refractivity contribution in [3.05, 3.63) is 24.3 Å². The fraction of sp³-hybridized carbons (Fsp3) is 0.714. The molecule has 0 saturated heterocycles. The number of halogens is 1. The van der Waals surface area contributed by atoms with E-state index in [4.69, 9.17) is 11.6 Å². The number of unbranched alkanes of at least 4 members (excludes halogenated alkanes) is 6. The first kappa shape index (κ1) is 14.8. The summed E-state index contributed by atoms with van der Waals surface area (Å²) < 4.78 is 0. The maximum Gasteiger partial charge on any atom is 0.0223 e. The van der Waals surface area contributed by atoms with Crippen LogP contribution < -0.4 is 0 Å². The Morgan fingerprint density at radius 3 is 2.00 bits per heavy atom. The van der Waals surface area contributed by atoms with Crippen LogP contribution in [-0.2, 0) is 0 Å². The third-order valence-corrected chi connectivity index (χ3v) is 2.63. The molecule has 0 nitrogen and oxygen atoms in total. The van der Waals surface area contributed by atoms with Crippen LogP contribution in [0.2, 0.25) is 0 Å². The monoisotopic (exact) mass is 228 g/mol. The number of rotatable bonds is 10. The van der Waals surface area contributed by atoms with Crippen molar-refractivity contribution in [3.8, 4) is 0 Å². The lowest BCUT2D eigenvalue weighted by molar-refractivity contribution is 0.677. The molecule has 0 amide bonds. The van der Waals surface area contributed by atoms with Crippen LogP contribution in [0, 0.1) is 0 Å². The summed E-state index contributed by atoms with van der Waals surface area (Å²) in [6.07, 6.45) is 19.0. The Hall–Kier alpha value is -0.230. The van der Waals surface area contributed by atoms with Crippen LogP contribution in [0.25, 0.3) is 0 Å². The van der Waals surface area contributed by atoms with Crippen LogP contribution in [0.3, 0.4) is 0 Å². The van der Waals surface area contributed by atoms with Crippen LogP contribution in [0.15, 0.2) is 24.3 Å². The van der Waals surface area contributed by atoms with Crippen LogP contribution in [0.1, 0.15) is 58.3 Å². The van der Waals surface area contributed by atoms with Gasteiger partial charge in [-0.15, -0.1) is 11.6 Å². The van der Waals surface area contributed by atoms with E-state index in [-0.39, 0.29) is 0 Å². The number of hydrogen-bond donors (Lipinski definition) is 0. The third kappa shape index (κ3) is 13.8. The van der Waals surface area contributed by atoms with Gasteiger partial charge in [0.05, 0.1) is 0 Å². The number of alkyl halides is 1. The van der Waals surface area contributed by atoms with Gasteiger partial charge in [-0.25, -0.2) is 0 Å². The summed E-state index contributed by atoms with van der Waals surface area (Å²) in [7, 11) is 0. The van der Waals surface area contributed by atoms with Crippen molar-refractivity contribution < 1.29 is 0 Å². The lowest BCUT2D eigenvalue weighted by Crippen LogP contribution is -1.77. The fourth-order valence-corrected chi connectivity index (χ4v) is 1.57. The lowest BCUT2D eigenvalue weighted by atomic mass is 10.1. The number of allylic oxidation sites excluding steroid dienone is 4. The van der Waals surface area contributed by atoms with Gasteiger partial charge in [0.2, 0.25) is 0 Å². The van der Waals surface area contributed by atoms with Gasteiger partial charge in [0.25, 0.3) is 0 Å². The van der Waals surface area contributed by atoms with Crippen molar-refractivity contribution in [2.45, 2.75) is 58.3 Å². The second-order valence-electron chi connectivity index (χ2n) is 3.89. The van der Waals surface area contributed by atoms with Gasteiger partial charge >= 0.3 is 0 Å². The molecule has 0 fully saturated rings. The first-order chi connectivity index (χ1) is 7.41. The zero-order valence-corrected chi connectivity index (χ0v) is 10.8. The third-order valence-electron chi connectivity index (χ3n) is 2.36. The van der Waals surface area contributed by atoms with E-state index in [1.807, 2.05) is 0 Å². The molecule has 1 heteroatoms. The summed E-state index contributed by atoms with van der Waals surface area (Å²) in [4.78, 5) is 0. The molecule has 0 N–H and O–H groups in total. The molecule has 0 bridgehead atoms. The molecule has 0 radical (unpaired) electrons. The van der Waals surface area contributed by atoms with E-state index in [1.165, 1.54) is 51.4 Å². The summed E-state index contributed by atoms with van der Waals surface area (Å²) in [5.74, 6) is 0.815. The Morgan fingerprint density at radius 1 is 0.800 bits per heavy atom. The fourth-order valence-electron chi connectivity index (χ4n) is 1.38. The Labute approximate surface area is 100 Å². The summed E-state index contributed by atoms with van der Waals surface area (Å²) >= 11 is 5.60. The molecule has 0 spiro atoms. The Morgan fingerprint density at radius 2 is 1.40 bits per heavy atom. The normalized spacial score (nSPS) is 11.9. The van der Waals surface area contributed by atoms with Crippen molar-refractivity contribution in [2.75, 3.05) is 5.88 Å². The highest BCUT2D eigenvalue weighted by Crippen LogP contribution is 2.04. The summed E-state index contributed by atoms with van der Waals surface area (Å²) in [5, 5.41) is 0. The first-order valence-electron chi connectivity index (χ1n) is 6.29. The summed E-state index contributed by atoms with van der Waals surface area (Å²) in [6.45, 7) is 2.23. The predicted molar refractivity (Wildman–Crippen MR) is 71.6 cm³/mol. The quantitative estimate of drug-likeness (QED) is 0.264. The minimum atomic E-state index is 0.815. The second-order valence-corrected chi connectivity index (χ2v) is 4.27. The van der Waals surface area contributed by atoms with Crippen molar-refractivity contribution in [1.82, 2.24) is 0 Å². The molecule has 15 heavy (non-hydrogen) atoms. The topological polar surface area (TPSA) is 0 Å². The molecule has 0 heterocycles. The molecule has 0 saturated carbocycles. The van der Waals surface area contributed by atoms with Gasteiger partial charge in [0, 0.05) is 5.88 Å². The van der Waals surface area contributed by atoms with Crippen molar-refractivity contribution in [3.63, 3.8) is 0 Å². The van der Waals surface area contributed by atoms with Gasteiger partial charge in [0.15, 0.2) is 0 Å². The molecule has 0 aromatic carbocycles. The Balaban J connectivity index is 3.13. The molecule has 0 aliphatic carbocycles. The highest BCUT2D eigenvalue weighted by atomic mass is 35.5. The van der Waals surface area contributed by atoms with E-state index in [9.17, 15) is 0 Å². The largest absolute Gasteiger partial charge is 0.127 e. The minimum Gasteiger partial charge on any atom is -0.127 e. The summed E-state index contributed by atoms with van der Waals surface area (Å²) in [6, 6.07) is 0. The molecular formula is C14H25Cl. The van der Waals surface area contributed by atoms with E-state index < -0.39 is 0 Å². The zero-order chi connectivity index (χ0) is 11.2. The Kier molecular flexibility index (Phi) is 13.6. The van der Waals surface area contributed by atoms with Crippen LogP contribution in [-0.4, -0.2) is 5.88 Å². The van der Waals surface area contributed by atoms with Crippen LogP contribution in [0.5, 0.6) is 0 Å². The standard InChI is InChI=1S/C14H25Cl/c1-2-3-4-5-6-7-8-9-10-11-12-13-14-15/h5-8H,2-4,9-14H2,1H3/b6-5-,8-7+.